The van der Waals surface area contributed by atoms with Gasteiger partial charge in [0.25, 0.3) is 0 Å². The summed E-state index contributed by atoms with van der Waals surface area (Å²) in [5, 5.41) is 14.1. The van der Waals surface area contributed by atoms with Gasteiger partial charge in [-0.2, -0.15) is 0 Å². The fourth-order valence-electron chi connectivity index (χ4n) is 2.08. The third-order valence-electron chi connectivity index (χ3n) is 3.04. The van der Waals surface area contributed by atoms with E-state index >= 15 is 0 Å². The van der Waals surface area contributed by atoms with Gasteiger partial charge in [0.05, 0.1) is 18.9 Å². The molecule has 2 unspecified atom stereocenters. The molecule has 0 spiro atoms. The van der Waals surface area contributed by atoms with Gasteiger partial charge >= 0.3 is 18.0 Å². The standard InChI is InChI=1S/C12H20N2O5/c1-2-19-10(15)5-6-13-12(18)14-9-4-3-8(7-9)11(16)17/h8-9H,2-7H2,1H3,(H,16,17)(H2,13,14,18). The van der Waals surface area contributed by atoms with Crippen molar-refractivity contribution in [1.29, 1.82) is 0 Å². The minimum atomic E-state index is -0.813. The van der Waals surface area contributed by atoms with Gasteiger partial charge in [-0.05, 0) is 26.2 Å². The van der Waals surface area contributed by atoms with E-state index < -0.39 is 5.97 Å². The molecular formula is C12H20N2O5. The molecule has 0 aromatic heterocycles. The van der Waals surface area contributed by atoms with Crippen molar-refractivity contribution in [2.45, 2.75) is 38.6 Å². The number of carboxylic acid groups (broad SMARTS) is 1. The highest BCUT2D eigenvalue weighted by atomic mass is 16.5. The Morgan fingerprint density at radius 1 is 1.32 bits per heavy atom. The largest absolute Gasteiger partial charge is 0.481 e. The second kappa shape index (κ2) is 7.60. The van der Waals surface area contributed by atoms with E-state index in [0.717, 1.165) is 0 Å². The van der Waals surface area contributed by atoms with Crippen LogP contribution in [-0.4, -0.2) is 42.3 Å². The SMILES string of the molecule is CCOC(=O)CCNC(=O)NC1CCC(C(=O)O)C1. The van der Waals surface area contributed by atoms with Crippen LogP contribution in [0.4, 0.5) is 4.79 Å². The van der Waals surface area contributed by atoms with Crippen LogP contribution in [-0.2, 0) is 14.3 Å². The first kappa shape index (κ1) is 15.3. The lowest BCUT2D eigenvalue weighted by atomic mass is 10.1. The molecule has 2 atom stereocenters. The molecule has 1 aliphatic carbocycles. The molecular weight excluding hydrogens is 252 g/mol. The van der Waals surface area contributed by atoms with Crippen molar-refractivity contribution in [3.63, 3.8) is 0 Å². The van der Waals surface area contributed by atoms with Crippen molar-refractivity contribution in [2.75, 3.05) is 13.2 Å². The molecule has 1 fully saturated rings. The van der Waals surface area contributed by atoms with Gasteiger partial charge in [-0.3, -0.25) is 9.59 Å². The summed E-state index contributed by atoms with van der Waals surface area (Å²) in [5.74, 6) is -1.54. The number of hydrogen-bond donors (Lipinski definition) is 3. The normalized spacial score (nSPS) is 21.7. The zero-order chi connectivity index (χ0) is 14.3. The number of aliphatic carboxylic acids is 1. The maximum atomic E-state index is 11.5. The maximum Gasteiger partial charge on any atom is 0.315 e. The molecule has 108 valence electrons. The molecule has 0 heterocycles. The molecule has 0 aromatic carbocycles. The van der Waals surface area contributed by atoms with E-state index in [0.29, 0.717) is 25.9 Å². The molecule has 1 rings (SSSR count). The van der Waals surface area contributed by atoms with Crippen LogP contribution in [0.15, 0.2) is 0 Å². The van der Waals surface area contributed by atoms with Gasteiger partial charge < -0.3 is 20.5 Å². The number of rotatable bonds is 6. The third-order valence-corrected chi connectivity index (χ3v) is 3.04. The predicted molar refractivity (Wildman–Crippen MR) is 66.5 cm³/mol. The molecule has 19 heavy (non-hydrogen) atoms. The van der Waals surface area contributed by atoms with E-state index in [1.807, 2.05) is 0 Å². The second-order valence-corrected chi connectivity index (χ2v) is 4.50. The molecule has 1 saturated carbocycles. The lowest BCUT2D eigenvalue weighted by Gasteiger charge is -2.13. The summed E-state index contributed by atoms with van der Waals surface area (Å²) < 4.78 is 4.72. The highest BCUT2D eigenvalue weighted by Gasteiger charge is 2.30. The van der Waals surface area contributed by atoms with E-state index in [1.54, 1.807) is 6.92 Å². The number of nitrogens with one attached hydrogen (secondary N) is 2. The Morgan fingerprint density at radius 3 is 2.63 bits per heavy atom. The molecule has 0 bridgehead atoms. The van der Waals surface area contributed by atoms with Gasteiger partial charge in [-0.1, -0.05) is 0 Å². The maximum absolute atomic E-state index is 11.5. The first-order valence-electron chi connectivity index (χ1n) is 6.45. The van der Waals surface area contributed by atoms with E-state index in [9.17, 15) is 14.4 Å². The predicted octanol–water partition coefficient (Wildman–Crippen LogP) is 0.492. The van der Waals surface area contributed by atoms with Crippen LogP contribution in [0.1, 0.15) is 32.6 Å². The number of ether oxygens (including phenoxy) is 1. The average Bonchev–Trinajstić information content (AvgIpc) is 2.78. The third kappa shape index (κ3) is 5.58. The van der Waals surface area contributed by atoms with Gasteiger partial charge in [-0.25, -0.2) is 4.79 Å². The van der Waals surface area contributed by atoms with E-state index in [1.165, 1.54) is 0 Å². The first-order chi connectivity index (χ1) is 9.02. The van der Waals surface area contributed by atoms with Gasteiger partial charge in [0.2, 0.25) is 0 Å². The van der Waals surface area contributed by atoms with Crippen molar-refractivity contribution in [3.8, 4) is 0 Å². The summed E-state index contributed by atoms with van der Waals surface area (Å²) in [6.45, 7) is 2.25. The molecule has 7 nitrogen and oxygen atoms in total. The van der Waals surface area contributed by atoms with Crippen molar-refractivity contribution in [1.82, 2.24) is 10.6 Å². The van der Waals surface area contributed by atoms with Crippen molar-refractivity contribution >= 4 is 18.0 Å². The molecule has 0 saturated heterocycles. The smallest absolute Gasteiger partial charge is 0.315 e. The minimum absolute atomic E-state index is 0.108. The average molecular weight is 272 g/mol. The van der Waals surface area contributed by atoms with Crippen LogP contribution in [0.3, 0.4) is 0 Å². The topological polar surface area (TPSA) is 105 Å². The Morgan fingerprint density at radius 2 is 2.05 bits per heavy atom. The molecule has 3 N–H and O–H groups in total. The second-order valence-electron chi connectivity index (χ2n) is 4.50. The number of urea groups is 1. The van der Waals surface area contributed by atoms with Crippen LogP contribution in [0.25, 0.3) is 0 Å². The van der Waals surface area contributed by atoms with Crippen LogP contribution in [0, 0.1) is 5.92 Å². The zero-order valence-corrected chi connectivity index (χ0v) is 11.0. The summed E-state index contributed by atoms with van der Waals surface area (Å²) in [7, 11) is 0. The lowest BCUT2D eigenvalue weighted by molar-refractivity contribution is -0.143. The summed E-state index contributed by atoms with van der Waals surface area (Å²) in [5.41, 5.74) is 0. The van der Waals surface area contributed by atoms with E-state index in [2.05, 4.69) is 10.6 Å². The summed E-state index contributed by atoms with van der Waals surface area (Å²) in [6.07, 6.45) is 1.84. The van der Waals surface area contributed by atoms with Crippen LogP contribution < -0.4 is 10.6 Å². The van der Waals surface area contributed by atoms with E-state index in [4.69, 9.17) is 9.84 Å². The number of hydrogen-bond acceptors (Lipinski definition) is 4. The zero-order valence-electron chi connectivity index (χ0n) is 11.0. The lowest BCUT2D eigenvalue weighted by Crippen LogP contribution is -2.41. The molecule has 0 aromatic rings. The number of carboxylic acids is 1. The van der Waals surface area contributed by atoms with Gasteiger partial charge in [0, 0.05) is 12.6 Å². The molecule has 2 amide bonds. The number of esters is 1. The number of carbonyl (C=O) groups excluding carboxylic acids is 2. The molecule has 0 radical (unpaired) electrons. The molecule has 0 aliphatic heterocycles. The minimum Gasteiger partial charge on any atom is -0.481 e. The van der Waals surface area contributed by atoms with Crippen LogP contribution in [0.5, 0.6) is 0 Å². The summed E-state index contributed by atoms with van der Waals surface area (Å²) in [6, 6.07) is -0.482. The van der Waals surface area contributed by atoms with Gasteiger partial charge in [-0.15, -0.1) is 0 Å². The van der Waals surface area contributed by atoms with Crippen molar-refractivity contribution in [2.24, 2.45) is 5.92 Å². The summed E-state index contributed by atoms with van der Waals surface area (Å²) in [4.78, 5) is 33.3. The Balaban J connectivity index is 2.15. The van der Waals surface area contributed by atoms with Gasteiger partial charge in [0.1, 0.15) is 0 Å². The highest BCUT2D eigenvalue weighted by molar-refractivity contribution is 5.76. The first-order valence-corrected chi connectivity index (χ1v) is 6.45. The number of amides is 2. The fourth-order valence-corrected chi connectivity index (χ4v) is 2.08. The Bertz CT molecular complexity index is 345. The number of carbonyl (C=O) groups is 3. The highest BCUT2D eigenvalue weighted by Crippen LogP contribution is 2.25. The Kier molecular flexibility index (Phi) is 6.11. The molecule has 1 aliphatic rings. The summed E-state index contributed by atoms with van der Waals surface area (Å²) >= 11 is 0. The fraction of sp³-hybridized carbons (Fsp3) is 0.750. The Hall–Kier alpha value is -1.79. The van der Waals surface area contributed by atoms with Gasteiger partial charge in [0.15, 0.2) is 0 Å². The molecule has 7 heteroatoms. The monoisotopic (exact) mass is 272 g/mol. The van der Waals surface area contributed by atoms with Crippen molar-refractivity contribution in [3.05, 3.63) is 0 Å². The Labute approximate surface area is 111 Å². The van der Waals surface area contributed by atoms with Crippen LogP contribution in [0.2, 0.25) is 0 Å². The van der Waals surface area contributed by atoms with Crippen LogP contribution >= 0.6 is 0 Å². The van der Waals surface area contributed by atoms with E-state index in [-0.39, 0.29) is 36.9 Å². The van der Waals surface area contributed by atoms with Crippen molar-refractivity contribution < 1.29 is 24.2 Å². The quantitative estimate of drug-likeness (QED) is 0.610.